The number of halogens is 2. The summed E-state index contributed by atoms with van der Waals surface area (Å²) in [6.45, 7) is 1.68. The van der Waals surface area contributed by atoms with E-state index in [9.17, 15) is 9.18 Å². The summed E-state index contributed by atoms with van der Waals surface area (Å²) in [5.74, 6) is -1.63. The summed E-state index contributed by atoms with van der Waals surface area (Å²) < 4.78 is 12.8. The lowest BCUT2D eigenvalue weighted by Gasteiger charge is -2.07. The molecular formula is C9H11ClFNO2. The van der Waals surface area contributed by atoms with Crippen molar-refractivity contribution in [3.8, 4) is 0 Å². The van der Waals surface area contributed by atoms with Crippen molar-refractivity contribution in [1.82, 2.24) is 0 Å². The molecule has 1 rings (SSSR count). The molecule has 14 heavy (non-hydrogen) atoms. The van der Waals surface area contributed by atoms with Gasteiger partial charge >= 0.3 is 5.97 Å². The summed E-state index contributed by atoms with van der Waals surface area (Å²) in [5, 5.41) is 8.57. The first kappa shape index (κ1) is 12.9. The van der Waals surface area contributed by atoms with Crippen LogP contribution in [0.5, 0.6) is 0 Å². The number of hydrogen-bond acceptors (Lipinski definition) is 2. The van der Waals surface area contributed by atoms with E-state index in [1.807, 2.05) is 0 Å². The van der Waals surface area contributed by atoms with Crippen molar-refractivity contribution in [2.24, 2.45) is 5.73 Å². The lowest BCUT2D eigenvalue weighted by Crippen LogP contribution is -2.20. The van der Waals surface area contributed by atoms with Crippen LogP contribution in [0.2, 0.25) is 0 Å². The number of hydrogen-bond donors (Lipinski definition) is 2. The van der Waals surface area contributed by atoms with E-state index in [0.717, 1.165) is 6.07 Å². The maximum Gasteiger partial charge on any atom is 0.325 e. The summed E-state index contributed by atoms with van der Waals surface area (Å²) in [5.41, 5.74) is 6.25. The molecule has 0 aliphatic rings. The van der Waals surface area contributed by atoms with Crippen molar-refractivity contribution in [2.75, 3.05) is 0 Å². The maximum absolute atomic E-state index is 12.8. The molecule has 0 spiro atoms. The Kier molecular flexibility index (Phi) is 4.53. The molecule has 0 saturated heterocycles. The zero-order chi connectivity index (χ0) is 10.0. The van der Waals surface area contributed by atoms with Gasteiger partial charge in [0.05, 0.1) is 0 Å². The minimum atomic E-state index is -1.16. The van der Waals surface area contributed by atoms with Crippen LogP contribution >= 0.6 is 12.4 Å². The van der Waals surface area contributed by atoms with Crippen LogP contribution in [0.1, 0.15) is 17.2 Å². The van der Waals surface area contributed by atoms with Gasteiger partial charge in [-0.25, -0.2) is 4.39 Å². The molecule has 3 nitrogen and oxygen atoms in total. The van der Waals surface area contributed by atoms with Gasteiger partial charge in [0.15, 0.2) is 0 Å². The highest BCUT2D eigenvalue weighted by molar-refractivity contribution is 5.85. The van der Waals surface area contributed by atoms with Crippen molar-refractivity contribution in [3.05, 3.63) is 35.1 Å². The Morgan fingerprint density at radius 2 is 2.07 bits per heavy atom. The molecule has 1 aromatic rings. The van der Waals surface area contributed by atoms with E-state index in [4.69, 9.17) is 10.8 Å². The predicted molar refractivity (Wildman–Crippen MR) is 52.9 cm³/mol. The van der Waals surface area contributed by atoms with Gasteiger partial charge in [-0.1, -0.05) is 6.07 Å². The molecule has 0 bridgehead atoms. The molecule has 1 aromatic carbocycles. The zero-order valence-electron chi connectivity index (χ0n) is 7.53. The fraction of sp³-hybridized carbons (Fsp3) is 0.222. The molecule has 1 atom stereocenters. The summed E-state index contributed by atoms with van der Waals surface area (Å²) in [6.07, 6.45) is 0. The Bertz CT molecular complexity index is 323. The minimum Gasteiger partial charge on any atom is -0.480 e. The van der Waals surface area contributed by atoms with Crippen LogP contribution in [0.15, 0.2) is 18.2 Å². The topological polar surface area (TPSA) is 63.3 Å². The number of aliphatic carboxylic acids is 1. The van der Waals surface area contributed by atoms with Crippen molar-refractivity contribution in [3.63, 3.8) is 0 Å². The molecule has 5 heteroatoms. The average molecular weight is 220 g/mol. The van der Waals surface area contributed by atoms with E-state index in [1.54, 1.807) is 13.0 Å². The maximum atomic E-state index is 12.8. The molecule has 0 aromatic heterocycles. The molecule has 0 aliphatic carbocycles. The van der Waals surface area contributed by atoms with Gasteiger partial charge in [-0.05, 0) is 30.2 Å². The Morgan fingerprint density at radius 3 is 2.50 bits per heavy atom. The lowest BCUT2D eigenvalue weighted by atomic mass is 10.1. The molecule has 0 fully saturated rings. The van der Waals surface area contributed by atoms with Gasteiger partial charge in [0.1, 0.15) is 11.9 Å². The highest BCUT2D eigenvalue weighted by Gasteiger charge is 2.14. The van der Waals surface area contributed by atoms with Crippen LogP contribution < -0.4 is 5.73 Å². The fourth-order valence-electron chi connectivity index (χ4n) is 1.09. The van der Waals surface area contributed by atoms with E-state index < -0.39 is 17.8 Å². The largest absolute Gasteiger partial charge is 0.480 e. The molecule has 0 amide bonds. The first-order valence-electron chi connectivity index (χ1n) is 3.76. The average Bonchev–Trinajstić information content (AvgIpc) is 2.01. The number of carbonyl (C=O) groups is 1. The van der Waals surface area contributed by atoms with Crippen LogP contribution in [-0.2, 0) is 4.79 Å². The quantitative estimate of drug-likeness (QED) is 0.795. The third-order valence-electron chi connectivity index (χ3n) is 1.69. The summed E-state index contributed by atoms with van der Waals surface area (Å²) in [7, 11) is 0. The molecule has 0 radical (unpaired) electrons. The Morgan fingerprint density at radius 1 is 1.50 bits per heavy atom. The van der Waals surface area contributed by atoms with Crippen molar-refractivity contribution < 1.29 is 14.3 Å². The lowest BCUT2D eigenvalue weighted by molar-refractivity contribution is -0.138. The molecule has 0 aliphatic heterocycles. The summed E-state index contributed by atoms with van der Waals surface area (Å²) in [6, 6.07) is 2.85. The number of aryl methyl sites for hydroxylation is 1. The Labute approximate surface area is 87.1 Å². The van der Waals surface area contributed by atoms with E-state index in [1.165, 1.54) is 6.07 Å². The second kappa shape index (κ2) is 4.93. The number of carboxylic acids is 1. The summed E-state index contributed by atoms with van der Waals surface area (Å²) >= 11 is 0. The van der Waals surface area contributed by atoms with Gasteiger partial charge in [0.25, 0.3) is 0 Å². The number of rotatable bonds is 2. The SMILES string of the molecule is Cc1cc(F)cc([C@H](N)C(=O)O)c1.Cl. The fourth-order valence-corrected chi connectivity index (χ4v) is 1.09. The smallest absolute Gasteiger partial charge is 0.325 e. The number of benzene rings is 1. The molecular weight excluding hydrogens is 209 g/mol. The highest BCUT2D eigenvalue weighted by atomic mass is 35.5. The van der Waals surface area contributed by atoms with Gasteiger partial charge in [-0.15, -0.1) is 12.4 Å². The summed E-state index contributed by atoms with van der Waals surface area (Å²) in [4.78, 5) is 10.5. The number of carboxylic acid groups (broad SMARTS) is 1. The highest BCUT2D eigenvalue weighted by Crippen LogP contribution is 2.14. The van der Waals surface area contributed by atoms with Crippen molar-refractivity contribution >= 4 is 18.4 Å². The Balaban J connectivity index is 0.00000169. The second-order valence-electron chi connectivity index (χ2n) is 2.88. The predicted octanol–water partition coefficient (Wildman–Crippen LogP) is 1.64. The van der Waals surface area contributed by atoms with Gasteiger partial charge in [0.2, 0.25) is 0 Å². The van der Waals surface area contributed by atoms with E-state index >= 15 is 0 Å². The van der Waals surface area contributed by atoms with Crippen LogP contribution in [0.25, 0.3) is 0 Å². The van der Waals surface area contributed by atoms with E-state index in [-0.39, 0.29) is 18.0 Å². The molecule has 0 unspecified atom stereocenters. The normalized spacial score (nSPS) is 11.6. The standard InChI is InChI=1S/C9H10FNO2.ClH/c1-5-2-6(4-7(10)3-5)8(11)9(12)13;/h2-4,8H,11H2,1H3,(H,12,13);1H/t8-;/m0./s1. The van der Waals surface area contributed by atoms with Crippen LogP contribution in [0.3, 0.4) is 0 Å². The van der Waals surface area contributed by atoms with Gasteiger partial charge in [0, 0.05) is 0 Å². The first-order chi connectivity index (χ1) is 6.00. The monoisotopic (exact) mass is 219 g/mol. The zero-order valence-corrected chi connectivity index (χ0v) is 8.34. The molecule has 78 valence electrons. The van der Waals surface area contributed by atoms with Crippen LogP contribution in [0.4, 0.5) is 4.39 Å². The molecule has 0 heterocycles. The van der Waals surface area contributed by atoms with E-state index in [0.29, 0.717) is 5.56 Å². The third kappa shape index (κ3) is 2.97. The molecule has 0 saturated carbocycles. The van der Waals surface area contributed by atoms with Gasteiger partial charge in [-0.2, -0.15) is 0 Å². The van der Waals surface area contributed by atoms with Crippen molar-refractivity contribution in [1.29, 1.82) is 0 Å². The van der Waals surface area contributed by atoms with Crippen LogP contribution in [-0.4, -0.2) is 11.1 Å². The second-order valence-corrected chi connectivity index (χ2v) is 2.88. The van der Waals surface area contributed by atoms with Crippen LogP contribution in [0, 0.1) is 12.7 Å². The van der Waals surface area contributed by atoms with Gasteiger partial charge < -0.3 is 10.8 Å². The molecule has 3 N–H and O–H groups in total. The van der Waals surface area contributed by atoms with Crippen molar-refractivity contribution in [2.45, 2.75) is 13.0 Å². The van der Waals surface area contributed by atoms with Gasteiger partial charge in [-0.3, -0.25) is 4.79 Å². The first-order valence-corrected chi connectivity index (χ1v) is 3.76. The number of nitrogens with two attached hydrogens (primary N) is 1. The minimum absolute atomic E-state index is 0. The Hall–Kier alpha value is -1.13. The van der Waals surface area contributed by atoms with E-state index in [2.05, 4.69) is 0 Å². The third-order valence-corrected chi connectivity index (χ3v) is 1.69.